The largest absolute Gasteiger partial charge is 0.375 e. The van der Waals surface area contributed by atoms with Crippen molar-refractivity contribution in [3.63, 3.8) is 0 Å². The van der Waals surface area contributed by atoms with Gasteiger partial charge in [0.2, 0.25) is 0 Å². The smallest absolute Gasteiger partial charge is 0.0650 e. The van der Waals surface area contributed by atoms with E-state index in [-0.39, 0.29) is 0 Å². The van der Waals surface area contributed by atoms with Crippen molar-refractivity contribution in [3.05, 3.63) is 12.2 Å². The van der Waals surface area contributed by atoms with Gasteiger partial charge in [-0.2, -0.15) is 0 Å². The van der Waals surface area contributed by atoms with E-state index in [1.54, 1.807) is 0 Å². The van der Waals surface area contributed by atoms with E-state index in [1.165, 1.54) is 32.1 Å². The van der Waals surface area contributed by atoms with Crippen molar-refractivity contribution in [1.29, 1.82) is 0 Å². The van der Waals surface area contributed by atoms with Gasteiger partial charge in [-0.15, -0.1) is 0 Å². The van der Waals surface area contributed by atoms with Crippen LogP contribution in [0.1, 0.15) is 52.9 Å². The molecule has 0 aromatic heterocycles. The Morgan fingerprint density at radius 2 is 1.85 bits per heavy atom. The molecule has 0 bridgehead atoms. The first kappa shape index (κ1) is 12.7. The molecule has 78 valence electrons. The minimum atomic E-state index is 0.352. The van der Waals surface area contributed by atoms with Crippen molar-refractivity contribution in [1.82, 2.24) is 0 Å². The Bertz CT molecular complexity index is 116. The van der Waals surface area contributed by atoms with E-state index in [4.69, 9.17) is 4.74 Å². The summed E-state index contributed by atoms with van der Waals surface area (Å²) >= 11 is 0. The first-order valence-corrected chi connectivity index (χ1v) is 5.54. The maximum atomic E-state index is 5.38. The van der Waals surface area contributed by atoms with Crippen molar-refractivity contribution >= 4 is 0 Å². The fraction of sp³-hybridized carbons (Fsp3) is 0.833. The third kappa shape index (κ3) is 11.7. The van der Waals surface area contributed by atoms with Gasteiger partial charge in [-0.25, -0.2) is 0 Å². The predicted octanol–water partition coefficient (Wildman–Crippen LogP) is 3.94. The molecule has 0 aliphatic rings. The first-order chi connectivity index (χ1) is 6.27. The standard InChI is InChI=1S/C12H24O/c1-4-5-6-7-8-9-10-11-13-12(2)3/h9-10,12H,4-8,11H2,1-3H3/b10-9+. The van der Waals surface area contributed by atoms with Crippen LogP contribution in [-0.4, -0.2) is 12.7 Å². The van der Waals surface area contributed by atoms with Crippen LogP contribution in [0.2, 0.25) is 0 Å². The third-order valence-electron chi connectivity index (χ3n) is 1.92. The van der Waals surface area contributed by atoms with E-state index in [0.717, 1.165) is 6.61 Å². The molecule has 0 fully saturated rings. The SMILES string of the molecule is CCCCCC/C=C/COC(C)C. The summed E-state index contributed by atoms with van der Waals surface area (Å²) in [5.41, 5.74) is 0. The number of rotatable bonds is 8. The van der Waals surface area contributed by atoms with Crippen molar-refractivity contribution in [2.75, 3.05) is 6.61 Å². The molecule has 0 aliphatic carbocycles. The summed E-state index contributed by atoms with van der Waals surface area (Å²) in [5, 5.41) is 0. The monoisotopic (exact) mass is 184 g/mol. The molecule has 1 nitrogen and oxygen atoms in total. The van der Waals surface area contributed by atoms with Gasteiger partial charge < -0.3 is 4.74 Å². The van der Waals surface area contributed by atoms with E-state index in [0.29, 0.717) is 6.10 Å². The molecule has 0 saturated heterocycles. The molecule has 0 aromatic carbocycles. The van der Waals surface area contributed by atoms with E-state index in [2.05, 4.69) is 32.9 Å². The number of allylic oxidation sites excluding steroid dienone is 1. The van der Waals surface area contributed by atoms with Gasteiger partial charge >= 0.3 is 0 Å². The van der Waals surface area contributed by atoms with Gasteiger partial charge in [0.25, 0.3) is 0 Å². The van der Waals surface area contributed by atoms with Crippen LogP contribution in [0.25, 0.3) is 0 Å². The molecule has 0 saturated carbocycles. The van der Waals surface area contributed by atoms with Crippen LogP contribution in [-0.2, 0) is 4.74 Å². The number of unbranched alkanes of at least 4 members (excludes halogenated alkanes) is 4. The minimum absolute atomic E-state index is 0.352. The highest BCUT2D eigenvalue weighted by Crippen LogP contribution is 2.02. The lowest BCUT2D eigenvalue weighted by atomic mass is 10.1. The Morgan fingerprint density at radius 3 is 2.46 bits per heavy atom. The zero-order valence-corrected chi connectivity index (χ0v) is 9.38. The Hall–Kier alpha value is -0.300. The molecule has 0 heterocycles. The average Bonchev–Trinajstić information content (AvgIpc) is 2.09. The summed E-state index contributed by atoms with van der Waals surface area (Å²) in [4.78, 5) is 0. The topological polar surface area (TPSA) is 9.23 Å². The Morgan fingerprint density at radius 1 is 1.08 bits per heavy atom. The minimum Gasteiger partial charge on any atom is -0.375 e. The van der Waals surface area contributed by atoms with Gasteiger partial charge in [-0.05, 0) is 26.7 Å². The molecule has 0 spiro atoms. The van der Waals surface area contributed by atoms with Gasteiger partial charge in [0.15, 0.2) is 0 Å². The Balaban J connectivity index is 3.03. The third-order valence-corrected chi connectivity index (χ3v) is 1.92. The van der Waals surface area contributed by atoms with Crippen LogP contribution >= 0.6 is 0 Å². The maximum absolute atomic E-state index is 5.38. The van der Waals surface area contributed by atoms with Gasteiger partial charge in [-0.3, -0.25) is 0 Å². The molecular formula is C12H24O. The Labute approximate surface area is 83.2 Å². The van der Waals surface area contributed by atoms with Gasteiger partial charge in [0, 0.05) is 0 Å². The van der Waals surface area contributed by atoms with Crippen molar-refractivity contribution < 1.29 is 4.74 Å². The predicted molar refractivity (Wildman–Crippen MR) is 59.0 cm³/mol. The van der Waals surface area contributed by atoms with Crippen LogP contribution in [0.3, 0.4) is 0 Å². The normalized spacial score (nSPS) is 11.7. The molecule has 13 heavy (non-hydrogen) atoms. The number of hydrogen-bond acceptors (Lipinski definition) is 1. The molecule has 0 radical (unpaired) electrons. The highest BCUT2D eigenvalue weighted by molar-refractivity contribution is 4.81. The second-order valence-corrected chi connectivity index (χ2v) is 3.70. The summed E-state index contributed by atoms with van der Waals surface area (Å²) in [5.74, 6) is 0. The van der Waals surface area contributed by atoms with Crippen molar-refractivity contribution in [3.8, 4) is 0 Å². The molecule has 0 N–H and O–H groups in total. The van der Waals surface area contributed by atoms with Crippen LogP contribution in [0.15, 0.2) is 12.2 Å². The molecule has 0 rings (SSSR count). The van der Waals surface area contributed by atoms with Crippen LogP contribution in [0.4, 0.5) is 0 Å². The van der Waals surface area contributed by atoms with Gasteiger partial charge in [-0.1, -0.05) is 38.3 Å². The fourth-order valence-corrected chi connectivity index (χ4v) is 1.12. The molecular weight excluding hydrogens is 160 g/mol. The molecule has 0 aromatic rings. The van der Waals surface area contributed by atoms with Crippen molar-refractivity contribution in [2.45, 2.75) is 59.0 Å². The quantitative estimate of drug-likeness (QED) is 0.410. The maximum Gasteiger partial charge on any atom is 0.0650 e. The highest BCUT2D eigenvalue weighted by Gasteiger charge is 1.88. The zero-order valence-electron chi connectivity index (χ0n) is 9.38. The van der Waals surface area contributed by atoms with Crippen LogP contribution < -0.4 is 0 Å². The molecule has 0 atom stereocenters. The zero-order chi connectivity index (χ0) is 9.94. The summed E-state index contributed by atoms with van der Waals surface area (Å²) in [6.45, 7) is 7.14. The summed E-state index contributed by atoms with van der Waals surface area (Å²) in [6.07, 6.45) is 11.3. The second kappa shape index (κ2) is 9.79. The lowest BCUT2D eigenvalue weighted by molar-refractivity contribution is 0.102. The lowest BCUT2D eigenvalue weighted by Crippen LogP contribution is -2.01. The molecule has 0 amide bonds. The van der Waals surface area contributed by atoms with E-state index < -0.39 is 0 Å². The second-order valence-electron chi connectivity index (χ2n) is 3.70. The molecule has 1 heteroatoms. The molecule has 0 unspecified atom stereocenters. The van der Waals surface area contributed by atoms with E-state index in [9.17, 15) is 0 Å². The Kier molecular flexibility index (Phi) is 9.56. The summed E-state index contributed by atoms with van der Waals surface area (Å²) in [6, 6.07) is 0. The lowest BCUT2D eigenvalue weighted by Gasteiger charge is -2.02. The van der Waals surface area contributed by atoms with Gasteiger partial charge in [0.1, 0.15) is 0 Å². The summed E-state index contributed by atoms with van der Waals surface area (Å²) in [7, 11) is 0. The summed E-state index contributed by atoms with van der Waals surface area (Å²) < 4.78 is 5.38. The van der Waals surface area contributed by atoms with Crippen LogP contribution in [0, 0.1) is 0 Å². The number of hydrogen-bond donors (Lipinski definition) is 0. The van der Waals surface area contributed by atoms with E-state index in [1.807, 2.05) is 0 Å². The fourth-order valence-electron chi connectivity index (χ4n) is 1.12. The van der Waals surface area contributed by atoms with E-state index >= 15 is 0 Å². The first-order valence-electron chi connectivity index (χ1n) is 5.54. The van der Waals surface area contributed by atoms with Crippen LogP contribution in [0.5, 0.6) is 0 Å². The molecule has 0 aliphatic heterocycles. The van der Waals surface area contributed by atoms with Crippen molar-refractivity contribution in [2.24, 2.45) is 0 Å². The average molecular weight is 184 g/mol. The highest BCUT2D eigenvalue weighted by atomic mass is 16.5. The van der Waals surface area contributed by atoms with Gasteiger partial charge in [0.05, 0.1) is 12.7 Å². The number of ether oxygens (including phenoxy) is 1.